The lowest BCUT2D eigenvalue weighted by Gasteiger charge is -2.17. The smallest absolute Gasteiger partial charge is 0.306 e. The third-order valence-corrected chi connectivity index (χ3v) is 3.18. The lowest BCUT2D eigenvalue weighted by Crippen LogP contribution is -2.20. The number of carboxylic acids is 2. The minimum atomic E-state index is -0.776. The largest absolute Gasteiger partial charge is 0.481 e. The second-order valence-corrected chi connectivity index (χ2v) is 4.94. The van der Waals surface area contributed by atoms with E-state index in [0.29, 0.717) is 25.7 Å². The summed E-state index contributed by atoms with van der Waals surface area (Å²) in [6.45, 7) is 5.74. The molecule has 0 radical (unpaired) electrons. The Labute approximate surface area is 103 Å². The van der Waals surface area contributed by atoms with Crippen LogP contribution in [0.3, 0.4) is 0 Å². The molecule has 0 rings (SSSR count). The summed E-state index contributed by atoms with van der Waals surface area (Å²) in [5, 5.41) is 18.0. The van der Waals surface area contributed by atoms with E-state index < -0.39 is 11.9 Å². The highest BCUT2D eigenvalue weighted by molar-refractivity contribution is 5.70. The number of rotatable bonds is 9. The van der Waals surface area contributed by atoms with Crippen molar-refractivity contribution in [3.05, 3.63) is 0 Å². The van der Waals surface area contributed by atoms with Crippen molar-refractivity contribution in [1.29, 1.82) is 0 Å². The van der Waals surface area contributed by atoms with Gasteiger partial charge in [0.25, 0.3) is 0 Å². The van der Waals surface area contributed by atoms with Crippen LogP contribution in [0.5, 0.6) is 0 Å². The van der Waals surface area contributed by atoms with Crippen LogP contribution < -0.4 is 0 Å². The molecule has 0 fully saturated rings. The molecule has 0 amide bonds. The molecular weight excluding hydrogens is 220 g/mol. The first-order valence-electron chi connectivity index (χ1n) is 6.35. The van der Waals surface area contributed by atoms with Crippen molar-refractivity contribution in [3.63, 3.8) is 0 Å². The normalized spacial score (nSPS) is 14.6. The second-order valence-electron chi connectivity index (χ2n) is 4.94. The highest BCUT2D eigenvalue weighted by atomic mass is 16.4. The van der Waals surface area contributed by atoms with Crippen LogP contribution >= 0.6 is 0 Å². The van der Waals surface area contributed by atoms with Crippen LogP contribution in [0.2, 0.25) is 0 Å². The minimum Gasteiger partial charge on any atom is -0.481 e. The minimum absolute atomic E-state index is 0.0990. The SMILES string of the molecule is CCCC(CCCC(C(=O)O)C(C)C)C(=O)O. The van der Waals surface area contributed by atoms with E-state index in [9.17, 15) is 9.59 Å². The van der Waals surface area contributed by atoms with E-state index in [-0.39, 0.29) is 17.8 Å². The van der Waals surface area contributed by atoms with Crippen molar-refractivity contribution in [1.82, 2.24) is 0 Å². The van der Waals surface area contributed by atoms with Gasteiger partial charge in [0.1, 0.15) is 0 Å². The molecular formula is C13H24O4. The summed E-state index contributed by atoms with van der Waals surface area (Å²) in [4.78, 5) is 21.9. The standard InChI is InChI=1S/C13H24O4/c1-4-6-10(12(14)15)7-5-8-11(9(2)3)13(16)17/h9-11H,4-8H2,1-3H3,(H,14,15)(H,16,17). The fraction of sp³-hybridized carbons (Fsp3) is 0.846. The Balaban J connectivity index is 4.09. The van der Waals surface area contributed by atoms with Crippen molar-refractivity contribution < 1.29 is 19.8 Å². The summed E-state index contributed by atoms with van der Waals surface area (Å²) in [5.41, 5.74) is 0. The Morgan fingerprint density at radius 1 is 1.00 bits per heavy atom. The fourth-order valence-corrected chi connectivity index (χ4v) is 2.07. The molecule has 0 bridgehead atoms. The molecule has 0 aromatic carbocycles. The lowest BCUT2D eigenvalue weighted by atomic mass is 9.88. The molecule has 2 N–H and O–H groups in total. The number of carboxylic acid groups (broad SMARTS) is 2. The zero-order valence-corrected chi connectivity index (χ0v) is 11.0. The van der Waals surface area contributed by atoms with E-state index in [2.05, 4.69) is 0 Å². The Bertz CT molecular complexity index is 248. The average Bonchev–Trinajstić information content (AvgIpc) is 2.20. The van der Waals surface area contributed by atoms with Gasteiger partial charge in [0, 0.05) is 0 Å². The van der Waals surface area contributed by atoms with Crippen molar-refractivity contribution in [3.8, 4) is 0 Å². The monoisotopic (exact) mass is 244 g/mol. The Morgan fingerprint density at radius 3 is 1.94 bits per heavy atom. The molecule has 0 saturated heterocycles. The summed E-state index contributed by atoms with van der Waals surface area (Å²) in [6.07, 6.45) is 3.35. The molecule has 17 heavy (non-hydrogen) atoms. The molecule has 0 aromatic heterocycles. The third-order valence-electron chi connectivity index (χ3n) is 3.18. The molecule has 0 aliphatic rings. The summed E-state index contributed by atoms with van der Waals surface area (Å²) < 4.78 is 0. The number of aliphatic carboxylic acids is 2. The first-order chi connectivity index (χ1) is 7.90. The summed E-state index contributed by atoms with van der Waals surface area (Å²) in [7, 11) is 0. The molecule has 2 atom stereocenters. The Kier molecular flexibility index (Phi) is 7.59. The first-order valence-corrected chi connectivity index (χ1v) is 6.35. The number of hydrogen-bond donors (Lipinski definition) is 2. The molecule has 4 nitrogen and oxygen atoms in total. The maximum atomic E-state index is 11.0. The van der Waals surface area contributed by atoms with Gasteiger partial charge in [-0.3, -0.25) is 9.59 Å². The van der Waals surface area contributed by atoms with Gasteiger partial charge in [0.05, 0.1) is 11.8 Å². The van der Waals surface area contributed by atoms with E-state index >= 15 is 0 Å². The van der Waals surface area contributed by atoms with Crippen molar-refractivity contribution in [2.45, 2.75) is 52.9 Å². The van der Waals surface area contributed by atoms with Gasteiger partial charge < -0.3 is 10.2 Å². The highest BCUT2D eigenvalue weighted by Gasteiger charge is 2.22. The van der Waals surface area contributed by atoms with Gasteiger partial charge in [0.2, 0.25) is 0 Å². The van der Waals surface area contributed by atoms with E-state index in [1.165, 1.54) is 0 Å². The summed E-state index contributed by atoms with van der Waals surface area (Å²) >= 11 is 0. The zero-order chi connectivity index (χ0) is 13.4. The molecule has 4 heteroatoms. The number of hydrogen-bond acceptors (Lipinski definition) is 2. The Hall–Kier alpha value is -1.06. The van der Waals surface area contributed by atoms with Gasteiger partial charge in [-0.1, -0.05) is 33.6 Å². The molecule has 0 aliphatic heterocycles. The fourth-order valence-electron chi connectivity index (χ4n) is 2.07. The molecule has 100 valence electrons. The van der Waals surface area contributed by atoms with E-state index in [1.54, 1.807) is 0 Å². The predicted molar refractivity (Wildman–Crippen MR) is 65.8 cm³/mol. The van der Waals surface area contributed by atoms with Crippen molar-refractivity contribution in [2.24, 2.45) is 17.8 Å². The summed E-state index contributed by atoms with van der Waals surface area (Å²) in [6, 6.07) is 0. The third kappa shape index (κ3) is 6.29. The van der Waals surface area contributed by atoms with E-state index in [1.807, 2.05) is 20.8 Å². The van der Waals surface area contributed by atoms with Crippen molar-refractivity contribution >= 4 is 11.9 Å². The van der Waals surface area contributed by atoms with Crippen LogP contribution in [0.4, 0.5) is 0 Å². The van der Waals surface area contributed by atoms with E-state index in [4.69, 9.17) is 10.2 Å². The van der Waals surface area contributed by atoms with Crippen molar-refractivity contribution in [2.75, 3.05) is 0 Å². The van der Waals surface area contributed by atoms with Crippen LogP contribution in [0.25, 0.3) is 0 Å². The van der Waals surface area contributed by atoms with Crippen LogP contribution in [-0.2, 0) is 9.59 Å². The molecule has 0 saturated carbocycles. The maximum Gasteiger partial charge on any atom is 0.306 e. The van der Waals surface area contributed by atoms with Crippen LogP contribution in [-0.4, -0.2) is 22.2 Å². The molecule has 0 spiro atoms. The quantitative estimate of drug-likeness (QED) is 0.653. The second kappa shape index (κ2) is 8.09. The molecule has 0 aromatic rings. The highest BCUT2D eigenvalue weighted by Crippen LogP contribution is 2.22. The van der Waals surface area contributed by atoms with Crippen LogP contribution in [0.1, 0.15) is 52.9 Å². The van der Waals surface area contributed by atoms with Gasteiger partial charge >= 0.3 is 11.9 Å². The van der Waals surface area contributed by atoms with Crippen LogP contribution in [0.15, 0.2) is 0 Å². The topological polar surface area (TPSA) is 74.6 Å². The van der Waals surface area contributed by atoms with E-state index in [0.717, 1.165) is 6.42 Å². The molecule has 0 heterocycles. The molecule has 2 unspecified atom stereocenters. The first kappa shape index (κ1) is 15.9. The van der Waals surface area contributed by atoms with Crippen LogP contribution in [0, 0.1) is 17.8 Å². The van der Waals surface area contributed by atoms with Gasteiger partial charge in [-0.05, 0) is 25.2 Å². The Morgan fingerprint density at radius 2 is 1.59 bits per heavy atom. The van der Waals surface area contributed by atoms with Gasteiger partial charge in [-0.2, -0.15) is 0 Å². The summed E-state index contributed by atoms with van der Waals surface area (Å²) in [5.74, 6) is -2.11. The zero-order valence-electron chi connectivity index (χ0n) is 11.0. The lowest BCUT2D eigenvalue weighted by molar-refractivity contribution is -0.143. The molecule has 0 aliphatic carbocycles. The average molecular weight is 244 g/mol. The maximum absolute atomic E-state index is 11.0. The van der Waals surface area contributed by atoms with Gasteiger partial charge in [-0.25, -0.2) is 0 Å². The van der Waals surface area contributed by atoms with Gasteiger partial charge in [-0.15, -0.1) is 0 Å². The predicted octanol–water partition coefficient (Wildman–Crippen LogP) is 3.01. The van der Waals surface area contributed by atoms with Gasteiger partial charge in [0.15, 0.2) is 0 Å². The number of carbonyl (C=O) groups is 2.